The largest absolute Gasteiger partial charge is 0.495 e. The van der Waals surface area contributed by atoms with E-state index in [4.69, 9.17) is 9.47 Å². The van der Waals surface area contributed by atoms with Crippen molar-refractivity contribution in [3.63, 3.8) is 0 Å². The zero-order valence-electron chi connectivity index (χ0n) is 20.5. The minimum Gasteiger partial charge on any atom is -0.495 e. The Balaban J connectivity index is 2.24. The topological polar surface area (TPSA) is 105 Å². The minimum absolute atomic E-state index is 0.0706. The van der Waals surface area contributed by atoms with Crippen molar-refractivity contribution in [2.45, 2.75) is 26.4 Å². The van der Waals surface area contributed by atoms with E-state index in [1.165, 1.54) is 18.2 Å². The summed E-state index contributed by atoms with van der Waals surface area (Å²) >= 11 is 0. The summed E-state index contributed by atoms with van der Waals surface area (Å²) in [7, 11) is 3.07. The van der Waals surface area contributed by atoms with Crippen LogP contribution in [0.4, 0.5) is 10.5 Å². The monoisotopic (exact) mass is 472 g/mol. The van der Waals surface area contributed by atoms with Gasteiger partial charge in [0, 0.05) is 36.0 Å². The van der Waals surface area contributed by atoms with Gasteiger partial charge in [-0.15, -0.1) is 0 Å². The van der Waals surface area contributed by atoms with Gasteiger partial charge in [-0.3, -0.25) is 14.7 Å². The molecule has 0 radical (unpaired) electrons. The third-order valence-electron chi connectivity index (χ3n) is 5.13. The van der Waals surface area contributed by atoms with Crippen LogP contribution in [-0.2, 0) is 4.74 Å². The molecule has 2 aromatic carbocycles. The zero-order chi connectivity index (χ0) is 25.8. The maximum absolute atomic E-state index is 13.3. The second-order valence-electron chi connectivity index (χ2n) is 8.88. The van der Waals surface area contributed by atoms with Gasteiger partial charge in [0.1, 0.15) is 11.4 Å². The summed E-state index contributed by atoms with van der Waals surface area (Å²) in [6.45, 7) is 9.00. The normalized spacial score (nSPS) is 10.9. The predicted octanol–water partition coefficient (Wildman–Crippen LogP) is 5.09. The molecule has 0 saturated carbocycles. The molecule has 0 unspecified atom stereocenters. The van der Waals surface area contributed by atoms with Gasteiger partial charge >= 0.3 is 6.09 Å². The molecule has 0 fully saturated rings. The van der Waals surface area contributed by atoms with Crippen LogP contribution in [0, 0.1) is 11.3 Å². The summed E-state index contributed by atoms with van der Waals surface area (Å²) in [5.41, 5.74) is 1.83. The van der Waals surface area contributed by atoms with Crippen LogP contribution in [0.1, 0.15) is 31.1 Å². The number of nitriles is 1. The van der Waals surface area contributed by atoms with Gasteiger partial charge in [-0.25, -0.2) is 4.79 Å². The zero-order valence-corrected chi connectivity index (χ0v) is 20.5. The number of ether oxygens (including phenoxy) is 2. The summed E-state index contributed by atoms with van der Waals surface area (Å²) in [6, 6.07) is 13.1. The van der Waals surface area contributed by atoms with Crippen molar-refractivity contribution >= 4 is 28.5 Å². The number of fused-ring (bicyclic) bond motifs is 1. The Kier molecular flexibility index (Phi) is 7.40. The lowest BCUT2D eigenvalue weighted by Crippen LogP contribution is -2.38. The van der Waals surface area contributed by atoms with Crippen molar-refractivity contribution in [3.8, 4) is 22.9 Å². The van der Waals surface area contributed by atoms with Crippen LogP contribution in [0.25, 0.3) is 21.9 Å². The molecule has 0 aliphatic heterocycles. The van der Waals surface area contributed by atoms with Crippen LogP contribution in [0.2, 0.25) is 0 Å². The fourth-order valence-electron chi connectivity index (χ4n) is 3.55. The number of carbonyl (C=O) groups is 2. The van der Waals surface area contributed by atoms with E-state index in [1.807, 2.05) is 30.3 Å². The van der Waals surface area contributed by atoms with Crippen molar-refractivity contribution in [2.75, 3.05) is 25.6 Å². The van der Waals surface area contributed by atoms with Crippen LogP contribution in [0.5, 0.6) is 5.75 Å². The Morgan fingerprint density at radius 3 is 2.49 bits per heavy atom. The second kappa shape index (κ2) is 10.3. The molecular weight excluding hydrogens is 444 g/mol. The van der Waals surface area contributed by atoms with Crippen LogP contribution in [-0.4, -0.2) is 43.3 Å². The number of aromatic nitrogens is 1. The molecule has 8 heteroatoms. The Morgan fingerprint density at radius 1 is 1.14 bits per heavy atom. The van der Waals surface area contributed by atoms with Crippen LogP contribution in [0.3, 0.4) is 0 Å². The van der Waals surface area contributed by atoms with Crippen molar-refractivity contribution in [1.82, 2.24) is 10.3 Å². The van der Waals surface area contributed by atoms with Gasteiger partial charge in [0.2, 0.25) is 0 Å². The van der Waals surface area contributed by atoms with Gasteiger partial charge in [-0.05, 0) is 49.9 Å². The number of carbonyl (C=O) groups excluding carboxylic acids is 2. The van der Waals surface area contributed by atoms with Crippen molar-refractivity contribution < 1.29 is 19.1 Å². The highest BCUT2D eigenvalue weighted by Gasteiger charge is 2.28. The fourth-order valence-corrected chi connectivity index (χ4v) is 3.55. The molecule has 0 aliphatic carbocycles. The Labute approximate surface area is 204 Å². The molecule has 2 amide bonds. The number of nitrogens with one attached hydrogen (secondary N) is 1. The molecule has 0 bridgehead atoms. The first-order chi connectivity index (χ1) is 16.6. The molecule has 8 nitrogen and oxygen atoms in total. The first kappa shape index (κ1) is 25.2. The van der Waals surface area contributed by atoms with Crippen LogP contribution in [0.15, 0.2) is 60.9 Å². The number of pyridine rings is 1. The van der Waals surface area contributed by atoms with E-state index in [-0.39, 0.29) is 18.0 Å². The van der Waals surface area contributed by atoms with Crippen LogP contribution < -0.4 is 15.0 Å². The van der Waals surface area contributed by atoms with Gasteiger partial charge in [-0.1, -0.05) is 24.8 Å². The number of amides is 2. The highest BCUT2D eigenvalue weighted by atomic mass is 16.6. The lowest BCUT2D eigenvalue weighted by Gasteiger charge is -2.29. The van der Waals surface area contributed by atoms with Crippen molar-refractivity contribution in [2.24, 2.45) is 0 Å². The average Bonchev–Trinajstić information content (AvgIpc) is 2.84. The molecule has 35 heavy (non-hydrogen) atoms. The van der Waals surface area contributed by atoms with Gasteiger partial charge in [-0.2, -0.15) is 5.26 Å². The molecule has 1 aromatic heterocycles. The summed E-state index contributed by atoms with van der Waals surface area (Å²) in [6.07, 6.45) is 2.53. The molecule has 1 N–H and O–H groups in total. The number of rotatable bonds is 6. The molecular formula is C27H28N4O4. The molecule has 0 spiro atoms. The first-order valence-electron chi connectivity index (χ1n) is 10.9. The van der Waals surface area contributed by atoms with E-state index in [9.17, 15) is 14.9 Å². The molecule has 0 saturated heterocycles. The maximum Gasteiger partial charge on any atom is 0.415 e. The molecule has 0 aliphatic rings. The van der Waals surface area contributed by atoms with E-state index in [1.54, 1.807) is 46.1 Å². The Morgan fingerprint density at radius 2 is 1.86 bits per heavy atom. The molecule has 0 atom stereocenters. The number of benzene rings is 2. The summed E-state index contributed by atoms with van der Waals surface area (Å²) in [5.74, 6) is 0.192. The maximum atomic E-state index is 13.3. The van der Waals surface area contributed by atoms with Gasteiger partial charge < -0.3 is 14.8 Å². The van der Waals surface area contributed by atoms with Gasteiger partial charge in [0.25, 0.3) is 5.91 Å². The standard InChI is InChI=1S/C27H28N4O4/c1-17(13-28)16-31(26(33)35-27(2,3)4)24-22-12-19(8-7-18(22)9-10-23(24)34-6)20-11-21(15-30-14-20)25(32)29-5/h7-12,14-15H,1,16H2,2-6H3,(H,29,32). The number of hydrogen-bond donors (Lipinski definition) is 1. The third-order valence-corrected chi connectivity index (χ3v) is 5.13. The highest BCUT2D eigenvalue weighted by Crippen LogP contribution is 2.39. The Hall–Kier alpha value is -4.38. The third kappa shape index (κ3) is 5.76. The fraction of sp³-hybridized carbons (Fsp3) is 0.259. The van der Waals surface area contributed by atoms with Gasteiger partial charge in [0.15, 0.2) is 0 Å². The second-order valence-corrected chi connectivity index (χ2v) is 8.88. The minimum atomic E-state index is -0.752. The quantitative estimate of drug-likeness (QED) is 0.501. The lowest BCUT2D eigenvalue weighted by atomic mass is 9.99. The number of hydrogen-bond acceptors (Lipinski definition) is 6. The lowest BCUT2D eigenvalue weighted by molar-refractivity contribution is 0.0583. The predicted molar refractivity (Wildman–Crippen MR) is 135 cm³/mol. The van der Waals surface area contributed by atoms with E-state index in [0.29, 0.717) is 22.4 Å². The van der Waals surface area contributed by atoms with Crippen LogP contribution >= 0.6 is 0 Å². The molecule has 180 valence electrons. The van der Waals surface area contributed by atoms with E-state index in [2.05, 4.69) is 16.9 Å². The summed E-state index contributed by atoms with van der Waals surface area (Å²) in [5, 5.41) is 13.5. The van der Waals surface area contributed by atoms with E-state index >= 15 is 0 Å². The average molecular weight is 473 g/mol. The molecule has 3 rings (SSSR count). The smallest absolute Gasteiger partial charge is 0.415 e. The van der Waals surface area contributed by atoms with E-state index in [0.717, 1.165) is 16.5 Å². The number of nitrogens with zero attached hydrogens (tertiary/aromatic N) is 3. The van der Waals surface area contributed by atoms with Gasteiger partial charge in [0.05, 0.1) is 31.0 Å². The molecule has 1 heterocycles. The summed E-state index contributed by atoms with van der Waals surface area (Å²) < 4.78 is 11.3. The van der Waals surface area contributed by atoms with E-state index < -0.39 is 11.7 Å². The molecule has 3 aromatic rings. The number of anilines is 1. The number of methoxy groups -OCH3 is 1. The van der Waals surface area contributed by atoms with Crippen molar-refractivity contribution in [3.05, 3.63) is 66.5 Å². The Bertz CT molecular complexity index is 1340. The summed E-state index contributed by atoms with van der Waals surface area (Å²) in [4.78, 5) is 30.9. The first-order valence-corrected chi connectivity index (χ1v) is 10.9. The van der Waals surface area contributed by atoms with Crippen molar-refractivity contribution in [1.29, 1.82) is 5.26 Å². The SMILES string of the molecule is C=C(C#N)CN(C(=O)OC(C)(C)C)c1c(OC)ccc2ccc(-c3cncc(C(=O)NC)c3)cc12. The highest BCUT2D eigenvalue weighted by molar-refractivity contribution is 6.06.